The molecule has 0 bridgehead atoms. The van der Waals surface area contributed by atoms with Gasteiger partial charge in [0.25, 0.3) is 0 Å². The summed E-state index contributed by atoms with van der Waals surface area (Å²) in [5.41, 5.74) is 2.02. The summed E-state index contributed by atoms with van der Waals surface area (Å²) in [6.45, 7) is 6.06. The summed E-state index contributed by atoms with van der Waals surface area (Å²) >= 11 is 12.8. The van der Waals surface area contributed by atoms with Gasteiger partial charge in [0.1, 0.15) is 0 Å². The zero-order chi connectivity index (χ0) is 15.2. The molecule has 0 aliphatic rings. The molecule has 1 unspecified atom stereocenters. The summed E-state index contributed by atoms with van der Waals surface area (Å²) in [5.74, 6) is 0. The molecule has 0 spiro atoms. The third-order valence-electron chi connectivity index (χ3n) is 3.37. The van der Waals surface area contributed by atoms with Crippen LogP contribution in [0.5, 0.6) is 0 Å². The van der Waals surface area contributed by atoms with Gasteiger partial charge in [0, 0.05) is 28.4 Å². The quantitative estimate of drug-likeness (QED) is 0.800. The van der Waals surface area contributed by atoms with Crippen molar-refractivity contribution in [1.29, 1.82) is 0 Å². The molecular formula is C16H21Cl2N3. The van der Waals surface area contributed by atoms with Crippen molar-refractivity contribution >= 4 is 23.2 Å². The van der Waals surface area contributed by atoms with E-state index in [0.717, 1.165) is 37.2 Å². The summed E-state index contributed by atoms with van der Waals surface area (Å²) in [6.07, 6.45) is 3.91. The SMILES string of the molecule is CCCNC(c1c(Cl)cccc1Cl)c1ccnn1CCC. The lowest BCUT2D eigenvalue weighted by molar-refractivity contribution is 0.512. The van der Waals surface area contributed by atoms with Gasteiger partial charge in [-0.25, -0.2) is 0 Å². The summed E-state index contributed by atoms with van der Waals surface area (Å²) in [5, 5.41) is 9.31. The van der Waals surface area contributed by atoms with E-state index in [-0.39, 0.29) is 6.04 Å². The molecule has 5 heteroatoms. The molecule has 114 valence electrons. The summed E-state index contributed by atoms with van der Waals surface area (Å²) in [4.78, 5) is 0. The van der Waals surface area contributed by atoms with E-state index >= 15 is 0 Å². The second-order valence-corrected chi connectivity index (χ2v) is 5.82. The summed E-state index contributed by atoms with van der Waals surface area (Å²) < 4.78 is 2.02. The molecule has 1 aromatic carbocycles. The first-order valence-corrected chi connectivity index (χ1v) is 8.13. The van der Waals surface area contributed by atoms with E-state index < -0.39 is 0 Å². The van der Waals surface area contributed by atoms with Crippen LogP contribution in [-0.2, 0) is 6.54 Å². The number of rotatable bonds is 7. The van der Waals surface area contributed by atoms with Gasteiger partial charge in [0.2, 0.25) is 0 Å². The minimum absolute atomic E-state index is 0.0415. The van der Waals surface area contributed by atoms with E-state index in [0.29, 0.717) is 10.0 Å². The zero-order valence-electron chi connectivity index (χ0n) is 12.4. The molecule has 0 aliphatic carbocycles. The third kappa shape index (κ3) is 3.79. The lowest BCUT2D eigenvalue weighted by Crippen LogP contribution is -2.26. The smallest absolute Gasteiger partial charge is 0.0777 e. The molecule has 0 aliphatic heterocycles. The molecule has 2 rings (SSSR count). The fraction of sp³-hybridized carbons (Fsp3) is 0.438. The van der Waals surface area contributed by atoms with Gasteiger partial charge in [0.15, 0.2) is 0 Å². The monoisotopic (exact) mass is 325 g/mol. The Morgan fingerprint density at radius 3 is 2.48 bits per heavy atom. The highest BCUT2D eigenvalue weighted by molar-refractivity contribution is 6.36. The van der Waals surface area contributed by atoms with Crippen LogP contribution in [0, 0.1) is 0 Å². The summed E-state index contributed by atoms with van der Waals surface area (Å²) in [6, 6.07) is 7.62. The van der Waals surface area contributed by atoms with Crippen LogP contribution < -0.4 is 5.32 Å². The van der Waals surface area contributed by atoms with Gasteiger partial charge in [-0.1, -0.05) is 43.1 Å². The number of nitrogens with one attached hydrogen (secondary N) is 1. The Kier molecular flexibility index (Phi) is 6.09. The average Bonchev–Trinajstić information content (AvgIpc) is 2.90. The zero-order valence-corrected chi connectivity index (χ0v) is 14.0. The molecular weight excluding hydrogens is 305 g/mol. The third-order valence-corrected chi connectivity index (χ3v) is 4.03. The van der Waals surface area contributed by atoms with E-state index in [2.05, 4.69) is 24.3 Å². The molecule has 0 saturated heterocycles. The Labute approximate surface area is 136 Å². The first-order valence-electron chi connectivity index (χ1n) is 7.38. The Morgan fingerprint density at radius 1 is 1.14 bits per heavy atom. The first-order chi connectivity index (χ1) is 10.2. The molecule has 0 fully saturated rings. The second kappa shape index (κ2) is 7.83. The maximum absolute atomic E-state index is 6.40. The van der Waals surface area contributed by atoms with E-state index in [1.165, 1.54) is 0 Å². The number of hydrogen-bond donors (Lipinski definition) is 1. The van der Waals surface area contributed by atoms with Crippen LogP contribution >= 0.6 is 23.2 Å². The Morgan fingerprint density at radius 2 is 1.86 bits per heavy atom. The van der Waals surface area contributed by atoms with E-state index in [9.17, 15) is 0 Å². The fourth-order valence-electron chi connectivity index (χ4n) is 2.42. The molecule has 1 N–H and O–H groups in total. The van der Waals surface area contributed by atoms with Crippen molar-refractivity contribution in [3.63, 3.8) is 0 Å². The number of hydrogen-bond acceptors (Lipinski definition) is 2. The van der Waals surface area contributed by atoms with Crippen LogP contribution in [0.2, 0.25) is 10.0 Å². The number of aryl methyl sites for hydroxylation is 1. The number of benzene rings is 1. The predicted octanol–water partition coefficient (Wildman–Crippen LogP) is 4.69. The molecule has 0 amide bonds. The van der Waals surface area contributed by atoms with Crippen LogP contribution in [0.1, 0.15) is 44.0 Å². The van der Waals surface area contributed by atoms with Crippen molar-refractivity contribution in [2.45, 2.75) is 39.3 Å². The lowest BCUT2D eigenvalue weighted by Gasteiger charge is -2.22. The Hall–Kier alpha value is -1.03. The van der Waals surface area contributed by atoms with Crippen LogP contribution in [0.4, 0.5) is 0 Å². The fourth-order valence-corrected chi connectivity index (χ4v) is 3.03. The van der Waals surface area contributed by atoms with E-state index in [1.807, 2.05) is 35.1 Å². The lowest BCUT2D eigenvalue weighted by atomic mass is 10.0. The van der Waals surface area contributed by atoms with Gasteiger partial charge in [-0.15, -0.1) is 0 Å². The minimum atomic E-state index is -0.0415. The van der Waals surface area contributed by atoms with Crippen LogP contribution in [0.3, 0.4) is 0 Å². The first kappa shape index (κ1) is 16.3. The second-order valence-electron chi connectivity index (χ2n) is 5.00. The standard InChI is InChI=1S/C16H21Cl2N3/c1-3-9-19-16(14-8-10-20-21(14)11-4-2)15-12(17)6-5-7-13(15)18/h5-8,10,16,19H,3-4,9,11H2,1-2H3. The van der Waals surface area contributed by atoms with Gasteiger partial charge in [-0.3, -0.25) is 4.68 Å². The van der Waals surface area contributed by atoms with Gasteiger partial charge >= 0.3 is 0 Å². The minimum Gasteiger partial charge on any atom is -0.305 e. The average molecular weight is 326 g/mol. The normalized spacial score (nSPS) is 12.6. The van der Waals surface area contributed by atoms with Gasteiger partial charge < -0.3 is 5.32 Å². The number of nitrogens with zero attached hydrogens (tertiary/aromatic N) is 2. The summed E-state index contributed by atoms with van der Waals surface area (Å²) in [7, 11) is 0. The van der Waals surface area contributed by atoms with Crippen molar-refractivity contribution in [3.8, 4) is 0 Å². The Bertz CT molecular complexity index is 560. The molecule has 1 aromatic heterocycles. The largest absolute Gasteiger partial charge is 0.305 e. The van der Waals surface area contributed by atoms with Crippen LogP contribution in [-0.4, -0.2) is 16.3 Å². The van der Waals surface area contributed by atoms with Crippen LogP contribution in [0.15, 0.2) is 30.5 Å². The highest BCUT2D eigenvalue weighted by Gasteiger charge is 2.22. The Balaban J connectivity index is 2.45. The van der Waals surface area contributed by atoms with Gasteiger partial charge in [-0.05, 0) is 37.6 Å². The molecule has 3 nitrogen and oxygen atoms in total. The topological polar surface area (TPSA) is 29.9 Å². The predicted molar refractivity (Wildman–Crippen MR) is 89.1 cm³/mol. The van der Waals surface area contributed by atoms with Gasteiger partial charge in [0.05, 0.1) is 11.7 Å². The van der Waals surface area contributed by atoms with Crippen LogP contribution in [0.25, 0.3) is 0 Å². The highest BCUT2D eigenvalue weighted by atomic mass is 35.5. The number of aromatic nitrogens is 2. The molecule has 2 aromatic rings. The van der Waals surface area contributed by atoms with Crippen molar-refractivity contribution in [2.24, 2.45) is 0 Å². The van der Waals surface area contributed by atoms with Crippen molar-refractivity contribution in [2.75, 3.05) is 6.54 Å². The van der Waals surface area contributed by atoms with E-state index in [1.54, 1.807) is 0 Å². The molecule has 1 heterocycles. The van der Waals surface area contributed by atoms with Crippen molar-refractivity contribution in [1.82, 2.24) is 15.1 Å². The van der Waals surface area contributed by atoms with E-state index in [4.69, 9.17) is 23.2 Å². The molecule has 0 saturated carbocycles. The molecule has 0 radical (unpaired) electrons. The number of halogens is 2. The highest BCUT2D eigenvalue weighted by Crippen LogP contribution is 2.34. The van der Waals surface area contributed by atoms with Crippen molar-refractivity contribution < 1.29 is 0 Å². The maximum atomic E-state index is 6.40. The molecule has 21 heavy (non-hydrogen) atoms. The van der Waals surface area contributed by atoms with Gasteiger partial charge in [-0.2, -0.15) is 5.10 Å². The molecule has 1 atom stereocenters. The van der Waals surface area contributed by atoms with Crippen molar-refractivity contribution in [3.05, 3.63) is 51.8 Å². The maximum Gasteiger partial charge on any atom is 0.0777 e.